The lowest BCUT2D eigenvalue weighted by Crippen LogP contribution is -2.33. The molecule has 1 N–H and O–H groups in total. The van der Waals surface area contributed by atoms with Gasteiger partial charge in [0.2, 0.25) is 0 Å². The van der Waals surface area contributed by atoms with Gasteiger partial charge in [-0.3, -0.25) is 4.57 Å². The molecule has 0 aromatic heterocycles. The van der Waals surface area contributed by atoms with E-state index in [2.05, 4.69) is 0 Å². The van der Waals surface area contributed by atoms with Gasteiger partial charge in [0, 0.05) is 0 Å². The molecule has 0 aromatic carbocycles. The second-order valence-corrected chi connectivity index (χ2v) is 6.06. The first-order chi connectivity index (χ1) is 7.54. The molecule has 0 heterocycles. The van der Waals surface area contributed by atoms with E-state index in [0.29, 0.717) is 19.6 Å². The molecule has 0 fully saturated rings. The van der Waals surface area contributed by atoms with E-state index in [1.807, 2.05) is 6.08 Å². The van der Waals surface area contributed by atoms with Crippen LogP contribution in [0.25, 0.3) is 0 Å². The Bertz CT molecular complexity index is 280. The van der Waals surface area contributed by atoms with Gasteiger partial charge < -0.3 is 14.2 Å². The summed E-state index contributed by atoms with van der Waals surface area (Å²) >= 11 is 0. The average Bonchev–Trinajstić information content (AvgIpc) is 2.17. The van der Waals surface area contributed by atoms with Gasteiger partial charge in [0.25, 0.3) is 0 Å². The summed E-state index contributed by atoms with van der Waals surface area (Å²) < 4.78 is 22.6. The maximum Gasteiger partial charge on any atom is 0.333 e. The minimum absolute atomic E-state index is 0.0537. The van der Waals surface area contributed by atoms with Crippen LogP contribution in [0.4, 0.5) is 0 Å². The van der Waals surface area contributed by atoms with Crippen molar-refractivity contribution in [3.05, 3.63) is 12.2 Å². The summed E-state index contributed by atoms with van der Waals surface area (Å²) in [6, 6.07) is 0. The van der Waals surface area contributed by atoms with Crippen molar-refractivity contribution >= 4 is 7.60 Å². The van der Waals surface area contributed by atoms with Crippen LogP contribution in [-0.2, 0) is 13.6 Å². The normalized spacial score (nSPS) is 25.9. The molecule has 1 atom stereocenters. The number of rotatable bonds is 6. The van der Waals surface area contributed by atoms with Gasteiger partial charge in [-0.15, -0.1) is 0 Å². The SMILES string of the molecule is CCOP(=O)(CC1(O)C=CCCC1)OCC. The molecule has 0 spiro atoms. The molecule has 1 aliphatic rings. The van der Waals surface area contributed by atoms with Crippen molar-refractivity contribution in [3.63, 3.8) is 0 Å². The minimum Gasteiger partial charge on any atom is -0.385 e. The molecule has 0 saturated carbocycles. The van der Waals surface area contributed by atoms with E-state index in [1.54, 1.807) is 19.9 Å². The third-order valence-corrected chi connectivity index (χ3v) is 4.77. The predicted molar refractivity (Wildman–Crippen MR) is 63.7 cm³/mol. The molecule has 0 aliphatic heterocycles. The van der Waals surface area contributed by atoms with Crippen molar-refractivity contribution < 1.29 is 18.7 Å². The lowest BCUT2D eigenvalue weighted by Gasteiger charge is -2.30. The summed E-state index contributed by atoms with van der Waals surface area (Å²) in [4.78, 5) is 0. The Kier molecular flexibility index (Phi) is 5.19. The molecule has 0 radical (unpaired) electrons. The molecule has 0 aromatic rings. The average molecular weight is 248 g/mol. The molecular weight excluding hydrogens is 227 g/mol. The van der Waals surface area contributed by atoms with Gasteiger partial charge in [0.05, 0.1) is 25.0 Å². The van der Waals surface area contributed by atoms with Crippen molar-refractivity contribution in [1.29, 1.82) is 0 Å². The van der Waals surface area contributed by atoms with Crippen molar-refractivity contribution in [2.24, 2.45) is 0 Å². The smallest absolute Gasteiger partial charge is 0.333 e. The van der Waals surface area contributed by atoms with Crippen LogP contribution >= 0.6 is 7.60 Å². The molecule has 1 unspecified atom stereocenters. The van der Waals surface area contributed by atoms with Gasteiger partial charge in [0.15, 0.2) is 0 Å². The summed E-state index contributed by atoms with van der Waals surface area (Å²) in [5.41, 5.74) is -1.03. The summed E-state index contributed by atoms with van der Waals surface area (Å²) in [6.07, 6.45) is 6.19. The van der Waals surface area contributed by atoms with Gasteiger partial charge >= 0.3 is 7.60 Å². The van der Waals surface area contributed by atoms with Gasteiger partial charge in [0.1, 0.15) is 0 Å². The fourth-order valence-electron chi connectivity index (χ4n) is 1.90. The Balaban J connectivity index is 2.70. The first-order valence-electron chi connectivity index (χ1n) is 5.82. The quantitative estimate of drug-likeness (QED) is 0.580. The largest absolute Gasteiger partial charge is 0.385 e. The van der Waals surface area contributed by atoms with E-state index >= 15 is 0 Å². The topological polar surface area (TPSA) is 55.8 Å². The lowest BCUT2D eigenvalue weighted by atomic mass is 9.93. The Morgan fingerprint density at radius 3 is 2.44 bits per heavy atom. The fraction of sp³-hybridized carbons (Fsp3) is 0.818. The van der Waals surface area contributed by atoms with Crippen LogP contribution in [0.3, 0.4) is 0 Å². The molecule has 0 bridgehead atoms. The van der Waals surface area contributed by atoms with Gasteiger partial charge in [-0.2, -0.15) is 0 Å². The van der Waals surface area contributed by atoms with Crippen molar-refractivity contribution in [2.45, 2.75) is 38.7 Å². The van der Waals surface area contributed by atoms with E-state index in [0.717, 1.165) is 12.8 Å². The summed E-state index contributed by atoms with van der Waals surface area (Å²) in [5, 5.41) is 10.2. The Labute approximate surface area is 97.2 Å². The van der Waals surface area contributed by atoms with E-state index in [4.69, 9.17) is 9.05 Å². The Morgan fingerprint density at radius 2 is 2.00 bits per heavy atom. The van der Waals surface area contributed by atoms with E-state index in [9.17, 15) is 9.67 Å². The highest BCUT2D eigenvalue weighted by molar-refractivity contribution is 7.53. The summed E-state index contributed by atoms with van der Waals surface area (Å²) in [5.74, 6) is 0. The highest BCUT2D eigenvalue weighted by atomic mass is 31.2. The van der Waals surface area contributed by atoms with Crippen LogP contribution in [0.5, 0.6) is 0 Å². The lowest BCUT2D eigenvalue weighted by molar-refractivity contribution is 0.0867. The number of aliphatic hydroxyl groups is 1. The van der Waals surface area contributed by atoms with Crippen LogP contribution in [0.2, 0.25) is 0 Å². The third kappa shape index (κ3) is 4.02. The number of hydrogen-bond donors (Lipinski definition) is 1. The van der Waals surface area contributed by atoms with E-state index in [1.165, 1.54) is 0 Å². The highest BCUT2D eigenvalue weighted by Crippen LogP contribution is 2.51. The number of allylic oxidation sites excluding steroid dienone is 1. The molecule has 1 rings (SSSR count). The Morgan fingerprint density at radius 1 is 1.38 bits per heavy atom. The van der Waals surface area contributed by atoms with E-state index < -0.39 is 13.2 Å². The van der Waals surface area contributed by atoms with Gasteiger partial charge in [-0.1, -0.05) is 12.2 Å². The van der Waals surface area contributed by atoms with Crippen molar-refractivity contribution in [2.75, 3.05) is 19.4 Å². The minimum atomic E-state index is -3.15. The molecule has 1 aliphatic carbocycles. The van der Waals surface area contributed by atoms with Crippen molar-refractivity contribution in [1.82, 2.24) is 0 Å². The molecule has 4 nitrogen and oxygen atoms in total. The van der Waals surface area contributed by atoms with Crippen LogP contribution < -0.4 is 0 Å². The predicted octanol–water partition coefficient (Wildman–Crippen LogP) is 2.72. The zero-order chi connectivity index (χ0) is 12.1. The van der Waals surface area contributed by atoms with Crippen LogP contribution in [0, 0.1) is 0 Å². The zero-order valence-electron chi connectivity index (χ0n) is 10.0. The second kappa shape index (κ2) is 5.97. The maximum absolute atomic E-state index is 12.2. The van der Waals surface area contributed by atoms with Crippen LogP contribution in [0.1, 0.15) is 33.1 Å². The van der Waals surface area contributed by atoms with Gasteiger partial charge in [-0.05, 0) is 33.1 Å². The second-order valence-electron chi connectivity index (χ2n) is 4.00. The number of hydrogen-bond acceptors (Lipinski definition) is 4. The van der Waals surface area contributed by atoms with Gasteiger partial charge in [-0.25, -0.2) is 0 Å². The van der Waals surface area contributed by atoms with Crippen LogP contribution in [0.15, 0.2) is 12.2 Å². The molecule has 16 heavy (non-hydrogen) atoms. The third-order valence-electron chi connectivity index (χ3n) is 2.53. The Hall–Kier alpha value is -0.150. The maximum atomic E-state index is 12.2. The van der Waals surface area contributed by atoms with Crippen molar-refractivity contribution in [3.8, 4) is 0 Å². The zero-order valence-corrected chi connectivity index (χ0v) is 10.9. The highest BCUT2D eigenvalue weighted by Gasteiger charge is 2.37. The first kappa shape index (κ1) is 13.9. The molecular formula is C11H21O4P. The fourth-order valence-corrected chi connectivity index (χ4v) is 3.88. The van der Waals surface area contributed by atoms with Crippen LogP contribution in [-0.4, -0.2) is 30.1 Å². The summed E-state index contributed by atoms with van der Waals surface area (Å²) in [6.45, 7) is 4.20. The molecule has 0 saturated heterocycles. The molecule has 5 heteroatoms. The molecule has 0 amide bonds. The standard InChI is InChI=1S/C11H21O4P/c1-3-14-16(13,15-4-2)10-11(12)8-6-5-7-9-11/h6,8,12H,3-5,7,9-10H2,1-2H3. The summed E-state index contributed by atoms with van der Waals surface area (Å²) in [7, 11) is -3.15. The van der Waals surface area contributed by atoms with E-state index in [-0.39, 0.29) is 6.16 Å². The monoisotopic (exact) mass is 248 g/mol. The molecule has 94 valence electrons. The first-order valence-corrected chi connectivity index (χ1v) is 7.54.